The molecule has 1 aliphatic rings. The highest BCUT2D eigenvalue weighted by Crippen LogP contribution is 2.25. The van der Waals surface area contributed by atoms with E-state index < -0.39 is 0 Å². The lowest BCUT2D eigenvalue weighted by Crippen LogP contribution is -2.27. The van der Waals surface area contributed by atoms with E-state index in [1.807, 2.05) is 0 Å². The molecule has 2 N–H and O–H groups in total. The van der Waals surface area contributed by atoms with E-state index in [0.717, 1.165) is 32.2 Å². The van der Waals surface area contributed by atoms with E-state index in [1.165, 1.54) is 12.1 Å². The Morgan fingerprint density at radius 1 is 1.35 bits per heavy atom. The Balaban J connectivity index is 1.87. The van der Waals surface area contributed by atoms with Gasteiger partial charge in [-0.15, -0.1) is 0 Å². The van der Waals surface area contributed by atoms with Crippen molar-refractivity contribution in [1.82, 2.24) is 5.32 Å². The number of hydrogen-bond acceptors (Lipinski definition) is 4. The second kappa shape index (κ2) is 7.02. The van der Waals surface area contributed by atoms with Crippen molar-refractivity contribution in [2.75, 3.05) is 6.54 Å². The number of rotatable bonds is 5. The molecule has 1 fully saturated rings. The van der Waals surface area contributed by atoms with Crippen LogP contribution in [0.15, 0.2) is 18.2 Å². The third-order valence-corrected chi connectivity index (χ3v) is 4.04. The number of nitro benzene ring substituents is 1. The third kappa shape index (κ3) is 4.16. The number of benzene rings is 1. The average Bonchev–Trinajstić information content (AvgIpc) is 2.41. The Morgan fingerprint density at radius 3 is 2.70 bits per heavy atom. The topological polar surface area (TPSA) is 75.4 Å². The Morgan fingerprint density at radius 2 is 2.05 bits per heavy atom. The molecule has 110 valence electrons. The smallest absolute Gasteiger partial charge is 0.273 e. The summed E-state index contributed by atoms with van der Waals surface area (Å²) in [6.45, 7) is 1.26. The zero-order valence-corrected chi connectivity index (χ0v) is 12.0. The quantitative estimate of drug-likeness (QED) is 0.647. The maximum Gasteiger partial charge on any atom is 0.273 e. The standard InChI is InChI=1S/C14H19ClN2O3/c15-12-3-6-14(17(19)20)11(7-12)9-16-8-10-1-4-13(18)5-2-10/h3,6-7,10,13,16,18H,1-2,4-5,8-9H2. The van der Waals surface area contributed by atoms with Crippen LogP contribution >= 0.6 is 11.6 Å². The van der Waals surface area contributed by atoms with E-state index in [9.17, 15) is 15.2 Å². The third-order valence-electron chi connectivity index (χ3n) is 3.80. The Hall–Kier alpha value is -1.17. The van der Waals surface area contributed by atoms with Crippen molar-refractivity contribution >= 4 is 17.3 Å². The summed E-state index contributed by atoms with van der Waals surface area (Å²) in [6.07, 6.45) is 3.56. The lowest BCUT2D eigenvalue weighted by atomic mass is 9.87. The van der Waals surface area contributed by atoms with Gasteiger partial charge in [-0.2, -0.15) is 0 Å². The second-order valence-corrected chi connectivity index (χ2v) is 5.77. The van der Waals surface area contributed by atoms with E-state index in [0.29, 0.717) is 23.0 Å². The van der Waals surface area contributed by atoms with Crippen LogP contribution < -0.4 is 5.32 Å². The Labute approximate surface area is 123 Å². The number of hydrogen-bond donors (Lipinski definition) is 2. The van der Waals surface area contributed by atoms with Crippen LogP contribution in [0.1, 0.15) is 31.2 Å². The molecule has 0 heterocycles. The molecule has 1 saturated carbocycles. The first-order chi connectivity index (χ1) is 9.56. The zero-order chi connectivity index (χ0) is 14.5. The first-order valence-electron chi connectivity index (χ1n) is 6.88. The molecule has 1 aliphatic carbocycles. The van der Waals surface area contributed by atoms with Crippen molar-refractivity contribution in [2.45, 2.75) is 38.3 Å². The van der Waals surface area contributed by atoms with Gasteiger partial charge in [-0.25, -0.2) is 0 Å². The van der Waals surface area contributed by atoms with Crippen LogP contribution in [-0.2, 0) is 6.54 Å². The fraction of sp³-hybridized carbons (Fsp3) is 0.571. The molecular formula is C14H19ClN2O3. The van der Waals surface area contributed by atoms with Crippen LogP contribution in [0.5, 0.6) is 0 Å². The van der Waals surface area contributed by atoms with Crippen LogP contribution in [0.2, 0.25) is 5.02 Å². The normalized spacial score (nSPS) is 22.7. The number of aliphatic hydroxyl groups is 1. The van der Waals surface area contributed by atoms with E-state index in [2.05, 4.69) is 5.32 Å². The average molecular weight is 299 g/mol. The summed E-state index contributed by atoms with van der Waals surface area (Å²) in [6, 6.07) is 4.61. The Bertz CT molecular complexity index is 473. The molecule has 20 heavy (non-hydrogen) atoms. The van der Waals surface area contributed by atoms with Crippen molar-refractivity contribution < 1.29 is 10.0 Å². The lowest BCUT2D eigenvalue weighted by molar-refractivity contribution is -0.385. The number of nitro groups is 1. The molecular weight excluding hydrogens is 280 g/mol. The van der Waals surface area contributed by atoms with Gasteiger partial charge in [0.2, 0.25) is 0 Å². The lowest BCUT2D eigenvalue weighted by Gasteiger charge is -2.25. The highest BCUT2D eigenvalue weighted by atomic mass is 35.5. The van der Waals surface area contributed by atoms with Gasteiger partial charge in [-0.1, -0.05) is 11.6 Å². The maximum atomic E-state index is 10.9. The maximum absolute atomic E-state index is 10.9. The summed E-state index contributed by atoms with van der Waals surface area (Å²) in [7, 11) is 0. The molecule has 0 aliphatic heterocycles. The van der Waals surface area contributed by atoms with Gasteiger partial charge in [0, 0.05) is 23.2 Å². The molecule has 5 nitrogen and oxygen atoms in total. The van der Waals surface area contributed by atoms with Gasteiger partial charge in [-0.05, 0) is 50.3 Å². The highest BCUT2D eigenvalue weighted by molar-refractivity contribution is 6.30. The van der Waals surface area contributed by atoms with E-state index in [4.69, 9.17) is 11.6 Å². The molecule has 2 rings (SSSR count). The van der Waals surface area contributed by atoms with E-state index >= 15 is 0 Å². The van der Waals surface area contributed by atoms with Gasteiger partial charge in [0.1, 0.15) is 0 Å². The monoisotopic (exact) mass is 298 g/mol. The van der Waals surface area contributed by atoms with Crippen molar-refractivity contribution in [1.29, 1.82) is 0 Å². The summed E-state index contributed by atoms with van der Waals surface area (Å²) in [5.74, 6) is 0.539. The van der Waals surface area contributed by atoms with Gasteiger partial charge in [0.05, 0.1) is 11.0 Å². The number of halogens is 1. The molecule has 0 bridgehead atoms. The Kier molecular flexibility index (Phi) is 5.34. The summed E-state index contributed by atoms with van der Waals surface area (Å²) in [5.41, 5.74) is 0.708. The molecule has 1 aromatic carbocycles. The van der Waals surface area contributed by atoms with Gasteiger partial charge < -0.3 is 10.4 Å². The van der Waals surface area contributed by atoms with Crippen LogP contribution in [0, 0.1) is 16.0 Å². The first-order valence-corrected chi connectivity index (χ1v) is 7.25. The molecule has 0 saturated heterocycles. The van der Waals surface area contributed by atoms with E-state index in [-0.39, 0.29) is 16.7 Å². The summed E-state index contributed by atoms with van der Waals surface area (Å²) < 4.78 is 0. The fourth-order valence-electron chi connectivity index (χ4n) is 2.63. The molecule has 0 amide bonds. The highest BCUT2D eigenvalue weighted by Gasteiger charge is 2.19. The molecule has 0 spiro atoms. The van der Waals surface area contributed by atoms with Crippen molar-refractivity contribution in [2.24, 2.45) is 5.92 Å². The fourth-order valence-corrected chi connectivity index (χ4v) is 2.83. The SMILES string of the molecule is O=[N+]([O-])c1ccc(Cl)cc1CNCC1CCC(O)CC1. The van der Waals surface area contributed by atoms with Gasteiger partial charge in [-0.3, -0.25) is 10.1 Å². The summed E-state index contributed by atoms with van der Waals surface area (Å²) >= 11 is 5.89. The second-order valence-electron chi connectivity index (χ2n) is 5.34. The van der Waals surface area contributed by atoms with Crippen molar-refractivity contribution in [3.05, 3.63) is 38.9 Å². The van der Waals surface area contributed by atoms with Crippen molar-refractivity contribution in [3.63, 3.8) is 0 Å². The predicted molar refractivity (Wildman–Crippen MR) is 77.8 cm³/mol. The van der Waals surface area contributed by atoms with Gasteiger partial charge in [0.25, 0.3) is 5.69 Å². The molecule has 1 aromatic rings. The summed E-state index contributed by atoms with van der Waals surface area (Å²) in [4.78, 5) is 10.6. The number of nitrogens with zero attached hydrogens (tertiary/aromatic N) is 1. The molecule has 0 aromatic heterocycles. The minimum atomic E-state index is -0.385. The summed E-state index contributed by atoms with van der Waals surface area (Å²) in [5, 5.41) is 24.2. The zero-order valence-electron chi connectivity index (χ0n) is 11.2. The van der Waals surface area contributed by atoms with Crippen molar-refractivity contribution in [3.8, 4) is 0 Å². The van der Waals surface area contributed by atoms with Gasteiger partial charge >= 0.3 is 0 Å². The van der Waals surface area contributed by atoms with Crippen LogP contribution in [-0.4, -0.2) is 22.7 Å². The predicted octanol–water partition coefficient (Wildman–Crippen LogP) is 2.89. The van der Waals surface area contributed by atoms with E-state index in [1.54, 1.807) is 6.07 Å². The molecule has 0 unspecified atom stereocenters. The molecule has 6 heteroatoms. The van der Waals surface area contributed by atoms with Crippen LogP contribution in [0.4, 0.5) is 5.69 Å². The largest absolute Gasteiger partial charge is 0.393 e. The van der Waals surface area contributed by atoms with Gasteiger partial charge in [0.15, 0.2) is 0 Å². The van der Waals surface area contributed by atoms with Crippen LogP contribution in [0.3, 0.4) is 0 Å². The van der Waals surface area contributed by atoms with Crippen LogP contribution in [0.25, 0.3) is 0 Å². The molecule has 0 atom stereocenters. The number of nitrogens with one attached hydrogen (secondary N) is 1. The molecule has 0 radical (unpaired) electrons. The minimum absolute atomic E-state index is 0.0981. The minimum Gasteiger partial charge on any atom is -0.393 e. The number of aliphatic hydroxyl groups excluding tert-OH is 1. The first kappa shape index (κ1) is 15.2.